The fourth-order valence-electron chi connectivity index (χ4n) is 1.06. The molecule has 0 saturated carbocycles. The number of thioether (sulfide) groups is 1. The van der Waals surface area contributed by atoms with Crippen molar-refractivity contribution in [2.75, 3.05) is 5.75 Å². The molecule has 0 fully saturated rings. The molecular formula is C11H14N2OS2. The first-order valence-corrected chi connectivity index (χ1v) is 6.47. The predicted molar refractivity (Wildman–Crippen MR) is 72.8 cm³/mol. The van der Waals surface area contributed by atoms with Crippen molar-refractivity contribution in [3.8, 4) is 0 Å². The third-order valence-electron chi connectivity index (χ3n) is 1.78. The van der Waals surface area contributed by atoms with Crippen LogP contribution in [0.25, 0.3) is 0 Å². The molecule has 0 spiro atoms. The van der Waals surface area contributed by atoms with Crippen molar-refractivity contribution in [2.24, 2.45) is 4.99 Å². The second kappa shape index (κ2) is 6.70. The number of pyridine rings is 1. The van der Waals surface area contributed by atoms with E-state index in [1.165, 1.54) is 11.8 Å². The lowest BCUT2D eigenvalue weighted by Gasteiger charge is -2.02. The zero-order valence-electron chi connectivity index (χ0n) is 9.30. The predicted octanol–water partition coefficient (Wildman–Crippen LogP) is 2.88. The Kier molecular flexibility index (Phi) is 5.55. The van der Waals surface area contributed by atoms with E-state index >= 15 is 0 Å². The summed E-state index contributed by atoms with van der Waals surface area (Å²) in [5, 5.41) is 0.867. The van der Waals surface area contributed by atoms with E-state index in [9.17, 15) is 4.79 Å². The van der Waals surface area contributed by atoms with Crippen molar-refractivity contribution in [2.45, 2.75) is 19.6 Å². The summed E-state index contributed by atoms with van der Waals surface area (Å²) < 4.78 is 0. The summed E-state index contributed by atoms with van der Waals surface area (Å²) in [6.07, 6.45) is 1.72. The summed E-state index contributed by atoms with van der Waals surface area (Å²) in [7, 11) is 0. The van der Waals surface area contributed by atoms with Crippen molar-refractivity contribution in [1.29, 1.82) is 0 Å². The number of nitrogens with zero attached hydrogens (tertiary/aromatic N) is 2. The maximum absolute atomic E-state index is 10.8. The van der Waals surface area contributed by atoms with Gasteiger partial charge in [-0.05, 0) is 26.0 Å². The van der Waals surface area contributed by atoms with Gasteiger partial charge < -0.3 is 0 Å². The van der Waals surface area contributed by atoms with Crippen molar-refractivity contribution in [3.63, 3.8) is 0 Å². The van der Waals surface area contributed by atoms with Gasteiger partial charge in [-0.2, -0.15) is 12.6 Å². The number of carbonyl (C=O) groups excluding carboxylic acids is 1. The Balaban J connectivity index is 2.76. The van der Waals surface area contributed by atoms with Crippen molar-refractivity contribution in [1.82, 2.24) is 4.98 Å². The van der Waals surface area contributed by atoms with E-state index in [4.69, 9.17) is 0 Å². The second-order valence-corrected chi connectivity index (χ2v) is 4.73. The van der Waals surface area contributed by atoms with Crippen LogP contribution in [0.15, 0.2) is 23.3 Å². The Morgan fingerprint density at radius 3 is 2.94 bits per heavy atom. The second-order valence-electron chi connectivity index (χ2n) is 3.25. The molecule has 0 N–H and O–H groups in total. The lowest BCUT2D eigenvalue weighted by molar-refractivity contribution is -0.114. The molecule has 1 aromatic rings. The van der Waals surface area contributed by atoms with Crippen LogP contribution < -0.4 is 0 Å². The summed E-state index contributed by atoms with van der Waals surface area (Å²) in [5.41, 5.74) is 1.68. The van der Waals surface area contributed by atoms with Gasteiger partial charge in [0.1, 0.15) is 5.78 Å². The SMILES string of the molecule is CC(=O)CSC(C)=Nc1cccnc1CS. The molecule has 1 heterocycles. The van der Waals surface area contributed by atoms with Crippen LogP contribution in [0.5, 0.6) is 0 Å². The van der Waals surface area contributed by atoms with E-state index in [-0.39, 0.29) is 5.78 Å². The minimum Gasteiger partial charge on any atom is -0.299 e. The molecular weight excluding hydrogens is 240 g/mol. The number of Topliss-reactive ketones (excluding diaryl/α,β-unsaturated/α-hetero) is 1. The molecule has 0 bridgehead atoms. The minimum absolute atomic E-state index is 0.153. The smallest absolute Gasteiger partial charge is 0.140 e. The number of aromatic nitrogens is 1. The van der Waals surface area contributed by atoms with Crippen molar-refractivity contribution in [3.05, 3.63) is 24.0 Å². The average molecular weight is 254 g/mol. The first-order chi connectivity index (χ1) is 7.63. The molecule has 5 heteroatoms. The molecule has 86 valence electrons. The highest BCUT2D eigenvalue weighted by Gasteiger charge is 2.02. The Labute approximate surface area is 105 Å². The number of thiol groups is 1. The van der Waals surface area contributed by atoms with Gasteiger partial charge in [0.2, 0.25) is 0 Å². The minimum atomic E-state index is 0.153. The molecule has 1 aromatic heterocycles. The van der Waals surface area contributed by atoms with E-state index in [0.717, 1.165) is 16.4 Å². The lowest BCUT2D eigenvalue weighted by atomic mass is 10.3. The van der Waals surface area contributed by atoms with Crippen LogP contribution in [0, 0.1) is 0 Å². The van der Waals surface area contributed by atoms with Gasteiger partial charge in [-0.15, -0.1) is 11.8 Å². The third-order valence-corrected chi connectivity index (χ3v) is 3.14. The summed E-state index contributed by atoms with van der Waals surface area (Å²) in [6.45, 7) is 3.46. The number of hydrogen-bond donors (Lipinski definition) is 1. The summed E-state index contributed by atoms with van der Waals surface area (Å²) in [6, 6.07) is 3.74. The van der Waals surface area contributed by atoms with E-state index in [1.807, 2.05) is 19.1 Å². The molecule has 0 amide bonds. The Morgan fingerprint density at radius 1 is 1.56 bits per heavy atom. The van der Waals surface area contributed by atoms with E-state index in [1.54, 1.807) is 13.1 Å². The molecule has 0 aliphatic heterocycles. The average Bonchev–Trinajstić information content (AvgIpc) is 2.27. The highest BCUT2D eigenvalue weighted by molar-refractivity contribution is 8.14. The zero-order valence-corrected chi connectivity index (χ0v) is 11.0. The van der Waals surface area contributed by atoms with Gasteiger partial charge in [-0.3, -0.25) is 9.78 Å². The van der Waals surface area contributed by atoms with Gasteiger partial charge in [-0.25, -0.2) is 4.99 Å². The third kappa shape index (κ3) is 4.37. The first-order valence-electron chi connectivity index (χ1n) is 4.85. The molecule has 0 aliphatic carbocycles. The molecule has 0 aliphatic rings. The van der Waals surface area contributed by atoms with Gasteiger partial charge in [0.05, 0.1) is 22.2 Å². The van der Waals surface area contributed by atoms with Crippen molar-refractivity contribution < 1.29 is 4.79 Å². The maximum atomic E-state index is 10.8. The molecule has 1 rings (SSSR count). The van der Waals surface area contributed by atoms with Gasteiger partial charge in [0.25, 0.3) is 0 Å². The maximum Gasteiger partial charge on any atom is 0.140 e. The number of aliphatic imine (C=N–C) groups is 1. The molecule has 0 radical (unpaired) electrons. The van der Waals surface area contributed by atoms with Gasteiger partial charge in [-0.1, -0.05) is 0 Å². The van der Waals surface area contributed by atoms with Crippen LogP contribution in [-0.4, -0.2) is 21.6 Å². The Hall–Kier alpha value is -0.810. The Bertz CT molecular complexity index is 405. The van der Waals surface area contributed by atoms with E-state index < -0.39 is 0 Å². The van der Waals surface area contributed by atoms with Crippen LogP contribution in [0.1, 0.15) is 19.5 Å². The molecule has 0 aromatic carbocycles. The first kappa shape index (κ1) is 13.3. The highest BCUT2D eigenvalue weighted by atomic mass is 32.2. The largest absolute Gasteiger partial charge is 0.299 e. The van der Waals surface area contributed by atoms with E-state index in [0.29, 0.717) is 11.5 Å². The number of hydrogen-bond acceptors (Lipinski definition) is 5. The molecule has 16 heavy (non-hydrogen) atoms. The molecule has 3 nitrogen and oxygen atoms in total. The number of ketones is 1. The summed E-state index contributed by atoms with van der Waals surface area (Å²) in [5.74, 6) is 1.18. The van der Waals surface area contributed by atoms with Crippen molar-refractivity contribution >= 4 is 40.9 Å². The van der Waals surface area contributed by atoms with Crippen LogP contribution >= 0.6 is 24.4 Å². The standard InChI is InChI=1S/C11H14N2OS2/c1-8(14)7-16-9(2)13-10-4-3-5-12-11(10)6-15/h3-5,15H,6-7H2,1-2H3. The zero-order chi connectivity index (χ0) is 12.0. The molecule has 0 saturated heterocycles. The Morgan fingerprint density at radius 2 is 2.31 bits per heavy atom. The summed E-state index contributed by atoms with van der Waals surface area (Å²) >= 11 is 5.64. The van der Waals surface area contributed by atoms with Gasteiger partial charge in [0, 0.05) is 11.9 Å². The number of carbonyl (C=O) groups is 1. The monoisotopic (exact) mass is 254 g/mol. The van der Waals surface area contributed by atoms with Crippen LogP contribution in [-0.2, 0) is 10.5 Å². The molecule has 0 unspecified atom stereocenters. The summed E-state index contributed by atoms with van der Waals surface area (Å²) in [4.78, 5) is 19.4. The normalized spacial score (nSPS) is 11.6. The topological polar surface area (TPSA) is 42.3 Å². The van der Waals surface area contributed by atoms with Crippen LogP contribution in [0.2, 0.25) is 0 Å². The lowest BCUT2D eigenvalue weighted by Crippen LogP contribution is -1.97. The van der Waals surface area contributed by atoms with Gasteiger partial charge >= 0.3 is 0 Å². The fraction of sp³-hybridized carbons (Fsp3) is 0.364. The highest BCUT2D eigenvalue weighted by Crippen LogP contribution is 2.20. The quantitative estimate of drug-likeness (QED) is 0.510. The van der Waals surface area contributed by atoms with Crippen LogP contribution in [0.3, 0.4) is 0 Å². The van der Waals surface area contributed by atoms with Gasteiger partial charge in [0.15, 0.2) is 0 Å². The fourth-order valence-corrected chi connectivity index (χ4v) is 1.88. The molecule has 0 atom stereocenters. The number of rotatable bonds is 4. The van der Waals surface area contributed by atoms with E-state index in [2.05, 4.69) is 22.6 Å². The van der Waals surface area contributed by atoms with Crippen LogP contribution in [0.4, 0.5) is 5.69 Å².